The summed E-state index contributed by atoms with van der Waals surface area (Å²) in [5.41, 5.74) is 5.96. The van der Waals surface area contributed by atoms with Crippen LogP contribution in [0.4, 0.5) is 8.78 Å². The molecule has 2 unspecified atom stereocenters. The third kappa shape index (κ3) is 2.75. The lowest BCUT2D eigenvalue weighted by atomic mass is 9.88. The second-order valence-electron chi connectivity index (χ2n) is 5.38. The predicted molar refractivity (Wildman–Crippen MR) is 72.3 cm³/mol. The van der Waals surface area contributed by atoms with Crippen molar-refractivity contribution in [1.82, 2.24) is 0 Å². The molecule has 4 heteroatoms. The molecular formula is C14H18BrF2N. The van der Waals surface area contributed by atoms with Crippen molar-refractivity contribution in [3.8, 4) is 0 Å². The molecule has 0 heterocycles. The Balaban J connectivity index is 2.22. The number of hydrogen-bond donors (Lipinski definition) is 1. The Labute approximate surface area is 115 Å². The minimum atomic E-state index is -0.514. The number of nitrogens with two attached hydrogens (primary N) is 1. The summed E-state index contributed by atoms with van der Waals surface area (Å²) in [4.78, 5) is 0. The zero-order valence-corrected chi connectivity index (χ0v) is 12.1. The van der Waals surface area contributed by atoms with E-state index in [1.165, 1.54) is 12.1 Å². The van der Waals surface area contributed by atoms with E-state index in [2.05, 4.69) is 22.9 Å². The Morgan fingerprint density at radius 3 is 2.78 bits per heavy atom. The normalized spacial score (nSPS) is 27.7. The third-order valence-corrected chi connectivity index (χ3v) is 4.60. The average Bonchev–Trinajstić information content (AvgIpc) is 2.72. The van der Waals surface area contributed by atoms with Crippen molar-refractivity contribution in [1.29, 1.82) is 0 Å². The molecule has 0 spiro atoms. The van der Waals surface area contributed by atoms with Gasteiger partial charge in [0, 0.05) is 11.1 Å². The maximum absolute atomic E-state index is 13.9. The molecule has 1 aliphatic rings. The summed E-state index contributed by atoms with van der Waals surface area (Å²) in [5.74, 6) is -0.423. The first-order valence-corrected chi connectivity index (χ1v) is 7.16. The molecular weight excluding hydrogens is 300 g/mol. The van der Waals surface area contributed by atoms with Crippen LogP contribution in [0.25, 0.3) is 0 Å². The van der Waals surface area contributed by atoms with Crippen molar-refractivity contribution in [2.24, 2.45) is 11.7 Å². The largest absolute Gasteiger partial charge is 0.325 e. The van der Waals surface area contributed by atoms with Crippen LogP contribution < -0.4 is 5.73 Å². The van der Waals surface area contributed by atoms with Crippen molar-refractivity contribution in [3.05, 3.63) is 33.8 Å². The molecule has 1 saturated carbocycles. The monoisotopic (exact) mass is 317 g/mol. The van der Waals surface area contributed by atoms with Gasteiger partial charge in [-0.1, -0.05) is 13.3 Å². The zero-order valence-electron chi connectivity index (χ0n) is 10.5. The Morgan fingerprint density at radius 2 is 2.17 bits per heavy atom. The third-order valence-electron chi connectivity index (χ3n) is 3.99. The molecule has 0 aromatic heterocycles. The fraction of sp³-hybridized carbons (Fsp3) is 0.571. The highest BCUT2D eigenvalue weighted by molar-refractivity contribution is 9.10. The number of hydrogen-bond acceptors (Lipinski definition) is 1. The molecule has 2 N–H and O–H groups in total. The maximum atomic E-state index is 13.9. The SMILES string of the molecule is CCC1CCC(N)(Cc2c(F)ccc(Br)c2F)C1. The van der Waals surface area contributed by atoms with Crippen LogP contribution in [0, 0.1) is 17.6 Å². The number of halogens is 3. The van der Waals surface area contributed by atoms with E-state index in [4.69, 9.17) is 5.73 Å². The van der Waals surface area contributed by atoms with Gasteiger partial charge in [-0.3, -0.25) is 0 Å². The van der Waals surface area contributed by atoms with Crippen LogP contribution in [-0.2, 0) is 6.42 Å². The average molecular weight is 318 g/mol. The van der Waals surface area contributed by atoms with Gasteiger partial charge >= 0.3 is 0 Å². The fourth-order valence-corrected chi connectivity index (χ4v) is 3.23. The molecule has 18 heavy (non-hydrogen) atoms. The van der Waals surface area contributed by atoms with Crippen LogP contribution in [0.3, 0.4) is 0 Å². The fourth-order valence-electron chi connectivity index (χ4n) is 2.86. The van der Waals surface area contributed by atoms with Crippen LogP contribution in [0.15, 0.2) is 16.6 Å². The van der Waals surface area contributed by atoms with E-state index in [0.717, 1.165) is 25.7 Å². The van der Waals surface area contributed by atoms with Gasteiger partial charge in [-0.05, 0) is 59.7 Å². The number of benzene rings is 1. The van der Waals surface area contributed by atoms with E-state index in [0.29, 0.717) is 10.4 Å². The van der Waals surface area contributed by atoms with Crippen LogP contribution in [0.2, 0.25) is 0 Å². The summed E-state index contributed by atoms with van der Waals surface area (Å²) in [6.45, 7) is 2.14. The van der Waals surface area contributed by atoms with E-state index in [-0.39, 0.29) is 12.0 Å². The molecule has 1 aliphatic carbocycles. The van der Waals surface area contributed by atoms with Crippen LogP contribution in [0.1, 0.15) is 38.2 Å². The van der Waals surface area contributed by atoms with E-state index >= 15 is 0 Å². The molecule has 1 fully saturated rings. The Bertz CT molecular complexity index is 450. The maximum Gasteiger partial charge on any atom is 0.143 e. The molecule has 0 bridgehead atoms. The molecule has 0 saturated heterocycles. The molecule has 100 valence electrons. The lowest BCUT2D eigenvalue weighted by Crippen LogP contribution is -2.40. The smallest absolute Gasteiger partial charge is 0.143 e. The van der Waals surface area contributed by atoms with Crippen molar-refractivity contribution >= 4 is 15.9 Å². The molecule has 1 nitrogen and oxygen atoms in total. The molecule has 1 aromatic carbocycles. The summed E-state index contributed by atoms with van der Waals surface area (Å²) in [7, 11) is 0. The zero-order chi connectivity index (χ0) is 13.3. The van der Waals surface area contributed by atoms with E-state index in [1.54, 1.807) is 0 Å². The molecule has 1 aromatic rings. The van der Waals surface area contributed by atoms with Gasteiger partial charge in [0.15, 0.2) is 0 Å². The van der Waals surface area contributed by atoms with Crippen LogP contribution in [-0.4, -0.2) is 5.54 Å². The van der Waals surface area contributed by atoms with Gasteiger partial charge < -0.3 is 5.73 Å². The highest BCUT2D eigenvalue weighted by Crippen LogP contribution is 2.38. The second-order valence-corrected chi connectivity index (χ2v) is 6.23. The lowest BCUT2D eigenvalue weighted by Gasteiger charge is -2.25. The highest BCUT2D eigenvalue weighted by atomic mass is 79.9. The van der Waals surface area contributed by atoms with Crippen LogP contribution >= 0.6 is 15.9 Å². The van der Waals surface area contributed by atoms with Gasteiger partial charge in [0.25, 0.3) is 0 Å². The van der Waals surface area contributed by atoms with Gasteiger partial charge in [-0.25, -0.2) is 8.78 Å². The molecule has 2 atom stereocenters. The standard InChI is InChI=1S/C14H18BrF2N/c1-2-9-5-6-14(18,7-9)8-10-12(16)4-3-11(15)13(10)17/h3-4,9H,2,5-8,18H2,1H3. The van der Waals surface area contributed by atoms with Crippen molar-refractivity contribution in [2.75, 3.05) is 0 Å². The van der Waals surface area contributed by atoms with E-state index in [1.807, 2.05) is 0 Å². The van der Waals surface area contributed by atoms with Gasteiger partial charge in [-0.2, -0.15) is 0 Å². The Kier molecular flexibility index (Phi) is 4.07. The van der Waals surface area contributed by atoms with Crippen LogP contribution in [0.5, 0.6) is 0 Å². The van der Waals surface area contributed by atoms with Crippen molar-refractivity contribution < 1.29 is 8.78 Å². The second kappa shape index (κ2) is 5.25. The summed E-state index contributed by atoms with van der Waals surface area (Å²) in [5, 5.41) is 0. The summed E-state index contributed by atoms with van der Waals surface area (Å²) in [6.07, 6.45) is 4.12. The Hall–Kier alpha value is -0.480. The van der Waals surface area contributed by atoms with E-state index < -0.39 is 17.2 Å². The topological polar surface area (TPSA) is 26.0 Å². The molecule has 0 radical (unpaired) electrons. The summed E-state index contributed by atoms with van der Waals surface area (Å²) >= 11 is 3.09. The first-order chi connectivity index (χ1) is 8.45. The quantitative estimate of drug-likeness (QED) is 0.832. The first-order valence-electron chi connectivity index (χ1n) is 6.36. The predicted octanol–water partition coefficient (Wildman–Crippen LogP) is 4.18. The minimum Gasteiger partial charge on any atom is -0.325 e. The number of rotatable bonds is 3. The summed E-state index contributed by atoms with van der Waals surface area (Å²) < 4.78 is 27.9. The minimum absolute atomic E-state index is 0.114. The van der Waals surface area contributed by atoms with Gasteiger partial charge in [0.1, 0.15) is 11.6 Å². The first kappa shape index (κ1) is 13.9. The molecule has 2 rings (SSSR count). The van der Waals surface area contributed by atoms with Crippen molar-refractivity contribution in [3.63, 3.8) is 0 Å². The van der Waals surface area contributed by atoms with Gasteiger partial charge in [0.2, 0.25) is 0 Å². The van der Waals surface area contributed by atoms with Gasteiger partial charge in [-0.15, -0.1) is 0 Å². The van der Waals surface area contributed by atoms with Gasteiger partial charge in [0.05, 0.1) is 4.47 Å². The summed E-state index contributed by atoms with van der Waals surface area (Å²) in [6, 6.07) is 2.68. The highest BCUT2D eigenvalue weighted by Gasteiger charge is 2.36. The molecule has 0 aliphatic heterocycles. The molecule has 0 amide bonds. The van der Waals surface area contributed by atoms with Crippen molar-refractivity contribution in [2.45, 2.75) is 44.6 Å². The van der Waals surface area contributed by atoms with E-state index in [9.17, 15) is 8.78 Å². The Morgan fingerprint density at radius 1 is 1.44 bits per heavy atom. The lowest BCUT2D eigenvalue weighted by molar-refractivity contribution is 0.391.